The molecule has 118 valence electrons. The summed E-state index contributed by atoms with van der Waals surface area (Å²) >= 11 is 0. The molecule has 0 aromatic rings. The molecule has 21 heavy (non-hydrogen) atoms. The Bertz CT molecular complexity index is 408. The Hall–Kier alpha value is -1.14. The maximum atomic E-state index is 11.9. The first-order valence-corrected chi connectivity index (χ1v) is 7.99. The van der Waals surface area contributed by atoms with E-state index < -0.39 is 5.97 Å². The molecule has 1 amide bonds. The molecule has 1 aliphatic heterocycles. The lowest BCUT2D eigenvalue weighted by Gasteiger charge is -2.28. The van der Waals surface area contributed by atoms with E-state index in [0.29, 0.717) is 18.4 Å². The van der Waals surface area contributed by atoms with Gasteiger partial charge in [-0.15, -0.1) is 0 Å². The zero-order chi connectivity index (χ0) is 14.8. The normalized spacial score (nSPS) is 37.8. The molecule has 2 bridgehead atoms. The predicted molar refractivity (Wildman–Crippen MR) is 75.7 cm³/mol. The van der Waals surface area contributed by atoms with Crippen LogP contribution in [0.2, 0.25) is 0 Å². The van der Waals surface area contributed by atoms with Gasteiger partial charge in [-0.05, 0) is 43.9 Å². The van der Waals surface area contributed by atoms with E-state index in [4.69, 9.17) is 4.74 Å². The maximum absolute atomic E-state index is 11.9. The Morgan fingerprint density at radius 2 is 2.00 bits per heavy atom. The average molecular weight is 296 g/mol. The third-order valence-corrected chi connectivity index (χ3v) is 5.25. The smallest absolute Gasteiger partial charge is 0.308 e. The number of ether oxygens (including phenoxy) is 1. The molecule has 2 saturated carbocycles. The van der Waals surface area contributed by atoms with Crippen LogP contribution in [0.5, 0.6) is 0 Å². The molecule has 0 radical (unpaired) electrons. The SMILES string of the molecule is O=C(CNC1C2CCC(C2)C1C(=O)O)NCC1CCCO1. The number of nitrogens with one attached hydrogen (secondary N) is 2. The molecule has 5 unspecified atom stereocenters. The van der Waals surface area contributed by atoms with Crippen LogP contribution in [-0.4, -0.2) is 48.8 Å². The van der Waals surface area contributed by atoms with Gasteiger partial charge in [-0.3, -0.25) is 9.59 Å². The Kier molecular flexibility index (Phi) is 4.45. The van der Waals surface area contributed by atoms with Crippen LogP contribution < -0.4 is 10.6 Å². The Balaban J connectivity index is 1.43. The van der Waals surface area contributed by atoms with Gasteiger partial charge >= 0.3 is 5.97 Å². The van der Waals surface area contributed by atoms with E-state index in [2.05, 4.69) is 10.6 Å². The standard InChI is InChI=1S/C15H24N2O4/c18-12(16-7-11-2-1-5-21-11)8-17-14-10-4-3-9(6-10)13(14)15(19)20/h9-11,13-14,17H,1-8H2,(H,16,18)(H,19,20). The van der Waals surface area contributed by atoms with Crippen molar-refractivity contribution in [2.75, 3.05) is 19.7 Å². The van der Waals surface area contributed by atoms with E-state index in [9.17, 15) is 14.7 Å². The molecular formula is C15H24N2O4. The topological polar surface area (TPSA) is 87.7 Å². The first kappa shape index (κ1) is 14.8. The second-order valence-corrected chi connectivity index (χ2v) is 6.54. The van der Waals surface area contributed by atoms with E-state index in [1.807, 2.05) is 0 Å². The number of amides is 1. The van der Waals surface area contributed by atoms with Crippen molar-refractivity contribution in [1.82, 2.24) is 10.6 Å². The molecule has 3 aliphatic rings. The minimum absolute atomic E-state index is 0.0465. The summed E-state index contributed by atoms with van der Waals surface area (Å²) in [6, 6.07) is -0.0465. The number of carboxylic acid groups (broad SMARTS) is 1. The minimum atomic E-state index is -0.723. The number of rotatable bonds is 6. The molecule has 1 saturated heterocycles. The number of carboxylic acids is 1. The van der Waals surface area contributed by atoms with Crippen molar-refractivity contribution in [3.63, 3.8) is 0 Å². The van der Waals surface area contributed by atoms with Gasteiger partial charge in [-0.25, -0.2) is 0 Å². The van der Waals surface area contributed by atoms with Crippen molar-refractivity contribution < 1.29 is 19.4 Å². The van der Waals surface area contributed by atoms with Gasteiger partial charge < -0.3 is 20.5 Å². The van der Waals surface area contributed by atoms with Crippen molar-refractivity contribution in [2.45, 2.75) is 44.2 Å². The molecule has 2 aliphatic carbocycles. The average Bonchev–Trinajstić information content (AvgIpc) is 3.17. The van der Waals surface area contributed by atoms with Gasteiger partial charge in [0.2, 0.25) is 5.91 Å². The van der Waals surface area contributed by atoms with Crippen LogP contribution in [0.25, 0.3) is 0 Å². The molecule has 1 heterocycles. The highest BCUT2D eigenvalue weighted by Crippen LogP contribution is 2.48. The maximum Gasteiger partial charge on any atom is 0.308 e. The van der Waals surface area contributed by atoms with Gasteiger partial charge in [0.25, 0.3) is 0 Å². The summed E-state index contributed by atoms with van der Waals surface area (Å²) in [4.78, 5) is 23.3. The quantitative estimate of drug-likeness (QED) is 0.659. The highest BCUT2D eigenvalue weighted by Gasteiger charge is 2.50. The van der Waals surface area contributed by atoms with Crippen LogP contribution in [-0.2, 0) is 14.3 Å². The second kappa shape index (κ2) is 6.32. The Morgan fingerprint density at radius 1 is 1.19 bits per heavy atom. The fourth-order valence-corrected chi connectivity index (χ4v) is 4.25. The van der Waals surface area contributed by atoms with Gasteiger partial charge in [-0.1, -0.05) is 0 Å². The van der Waals surface area contributed by atoms with Crippen LogP contribution in [0.3, 0.4) is 0 Å². The Labute approximate surface area is 124 Å². The number of carbonyl (C=O) groups excluding carboxylic acids is 1. The van der Waals surface area contributed by atoms with Crippen LogP contribution >= 0.6 is 0 Å². The van der Waals surface area contributed by atoms with Gasteiger partial charge in [-0.2, -0.15) is 0 Å². The summed E-state index contributed by atoms with van der Waals surface area (Å²) in [5.41, 5.74) is 0. The fraction of sp³-hybridized carbons (Fsp3) is 0.867. The minimum Gasteiger partial charge on any atom is -0.481 e. The first-order chi connectivity index (χ1) is 10.1. The van der Waals surface area contributed by atoms with E-state index in [1.165, 1.54) is 0 Å². The van der Waals surface area contributed by atoms with E-state index in [0.717, 1.165) is 38.7 Å². The molecule has 0 spiro atoms. The van der Waals surface area contributed by atoms with Crippen LogP contribution in [0.15, 0.2) is 0 Å². The van der Waals surface area contributed by atoms with E-state index in [-0.39, 0.29) is 30.5 Å². The lowest BCUT2D eigenvalue weighted by atomic mass is 9.84. The van der Waals surface area contributed by atoms with Gasteiger partial charge in [0, 0.05) is 19.2 Å². The molecular weight excluding hydrogens is 272 g/mol. The zero-order valence-electron chi connectivity index (χ0n) is 12.2. The summed E-state index contributed by atoms with van der Waals surface area (Å²) in [6.07, 6.45) is 5.30. The highest BCUT2D eigenvalue weighted by molar-refractivity contribution is 5.78. The van der Waals surface area contributed by atoms with Crippen molar-refractivity contribution in [2.24, 2.45) is 17.8 Å². The number of fused-ring (bicyclic) bond motifs is 2. The highest BCUT2D eigenvalue weighted by atomic mass is 16.5. The lowest BCUT2D eigenvalue weighted by molar-refractivity contribution is -0.144. The van der Waals surface area contributed by atoms with Gasteiger partial charge in [0.05, 0.1) is 18.6 Å². The third kappa shape index (κ3) is 3.21. The monoisotopic (exact) mass is 296 g/mol. The number of hydrogen-bond donors (Lipinski definition) is 3. The lowest BCUT2D eigenvalue weighted by Crippen LogP contribution is -2.48. The van der Waals surface area contributed by atoms with Crippen LogP contribution in [0.4, 0.5) is 0 Å². The molecule has 5 atom stereocenters. The van der Waals surface area contributed by atoms with Crippen LogP contribution in [0, 0.1) is 17.8 Å². The third-order valence-electron chi connectivity index (χ3n) is 5.25. The second-order valence-electron chi connectivity index (χ2n) is 6.54. The number of hydrogen-bond acceptors (Lipinski definition) is 4. The molecule has 3 fully saturated rings. The predicted octanol–water partition coefficient (Wildman–Crippen LogP) is 0.371. The van der Waals surface area contributed by atoms with E-state index in [1.54, 1.807) is 0 Å². The molecule has 6 heteroatoms. The fourth-order valence-electron chi connectivity index (χ4n) is 4.25. The Morgan fingerprint density at radius 3 is 2.71 bits per heavy atom. The van der Waals surface area contributed by atoms with Crippen molar-refractivity contribution in [3.8, 4) is 0 Å². The van der Waals surface area contributed by atoms with E-state index >= 15 is 0 Å². The molecule has 0 aromatic carbocycles. The van der Waals surface area contributed by atoms with Crippen molar-refractivity contribution in [1.29, 1.82) is 0 Å². The summed E-state index contributed by atoms with van der Waals surface area (Å²) in [6.45, 7) is 1.54. The summed E-state index contributed by atoms with van der Waals surface area (Å²) in [5, 5.41) is 15.4. The largest absolute Gasteiger partial charge is 0.481 e. The molecule has 6 nitrogen and oxygen atoms in total. The molecule has 3 rings (SSSR count). The van der Waals surface area contributed by atoms with Crippen LogP contribution in [0.1, 0.15) is 32.1 Å². The molecule has 3 N–H and O–H groups in total. The summed E-state index contributed by atoms with van der Waals surface area (Å²) in [7, 11) is 0. The number of aliphatic carboxylic acids is 1. The summed E-state index contributed by atoms with van der Waals surface area (Å²) in [5.74, 6) is -0.409. The van der Waals surface area contributed by atoms with Gasteiger partial charge in [0.1, 0.15) is 0 Å². The molecule has 0 aromatic heterocycles. The van der Waals surface area contributed by atoms with Gasteiger partial charge in [0.15, 0.2) is 0 Å². The van der Waals surface area contributed by atoms with Crippen molar-refractivity contribution >= 4 is 11.9 Å². The first-order valence-electron chi connectivity index (χ1n) is 7.99. The van der Waals surface area contributed by atoms with Crippen molar-refractivity contribution in [3.05, 3.63) is 0 Å². The zero-order valence-corrected chi connectivity index (χ0v) is 12.2. The summed E-state index contributed by atoms with van der Waals surface area (Å²) < 4.78 is 5.46. The number of carbonyl (C=O) groups is 2.